The molecule has 0 amide bonds. The third kappa shape index (κ3) is 2.55. The summed E-state index contributed by atoms with van der Waals surface area (Å²) in [6, 6.07) is 22.5. The topological polar surface area (TPSA) is 38.7 Å². The SMILES string of the molecule is Fc1ccc2nc(-c3ccccc3)c(-c3ccccc3)nc2n1. The fourth-order valence-electron chi connectivity index (χ4n) is 2.51. The van der Waals surface area contributed by atoms with Gasteiger partial charge < -0.3 is 0 Å². The van der Waals surface area contributed by atoms with Gasteiger partial charge >= 0.3 is 0 Å². The lowest BCUT2D eigenvalue weighted by Crippen LogP contribution is -1.97. The van der Waals surface area contributed by atoms with E-state index in [0.29, 0.717) is 16.9 Å². The van der Waals surface area contributed by atoms with Gasteiger partial charge in [-0.15, -0.1) is 0 Å². The molecule has 2 aromatic heterocycles. The minimum atomic E-state index is -0.557. The van der Waals surface area contributed by atoms with Crippen LogP contribution in [0.15, 0.2) is 72.8 Å². The van der Waals surface area contributed by atoms with Gasteiger partial charge in [0.2, 0.25) is 5.95 Å². The molecule has 0 atom stereocenters. The zero-order chi connectivity index (χ0) is 15.6. The highest BCUT2D eigenvalue weighted by molar-refractivity contribution is 5.84. The summed E-state index contributed by atoms with van der Waals surface area (Å²) in [6.45, 7) is 0. The van der Waals surface area contributed by atoms with Crippen molar-refractivity contribution < 1.29 is 4.39 Å². The van der Waals surface area contributed by atoms with Crippen LogP contribution in [0, 0.1) is 5.95 Å². The molecule has 0 fully saturated rings. The lowest BCUT2D eigenvalue weighted by molar-refractivity contribution is 0.588. The molecule has 0 unspecified atom stereocenters. The van der Waals surface area contributed by atoms with Crippen LogP contribution in [0.2, 0.25) is 0 Å². The Morgan fingerprint density at radius 1 is 0.565 bits per heavy atom. The lowest BCUT2D eigenvalue weighted by Gasteiger charge is -2.10. The summed E-state index contributed by atoms with van der Waals surface area (Å²) in [5, 5.41) is 0. The van der Waals surface area contributed by atoms with Crippen LogP contribution in [0.1, 0.15) is 0 Å². The van der Waals surface area contributed by atoms with Gasteiger partial charge in [-0.3, -0.25) is 0 Å². The van der Waals surface area contributed by atoms with E-state index in [1.807, 2.05) is 60.7 Å². The molecule has 0 aliphatic carbocycles. The first-order chi connectivity index (χ1) is 11.3. The van der Waals surface area contributed by atoms with Gasteiger partial charge in [-0.05, 0) is 12.1 Å². The number of nitrogens with zero attached hydrogens (tertiary/aromatic N) is 3. The van der Waals surface area contributed by atoms with Gasteiger partial charge in [0.25, 0.3) is 0 Å². The predicted molar refractivity (Wildman–Crippen MR) is 88.2 cm³/mol. The van der Waals surface area contributed by atoms with Crippen LogP contribution in [0.5, 0.6) is 0 Å². The normalized spacial score (nSPS) is 10.8. The molecule has 4 heteroatoms. The minimum absolute atomic E-state index is 0.309. The maximum atomic E-state index is 13.4. The first-order valence-corrected chi connectivity index (χ1v) is 7.26. The van der Waals surface area contributed by atoms with E-state index in [2.05, 4.69) is 15.0 Å². The molecular formula is C19H12FN3. The van der Waals surface area contributed by atoms with Crippen molar-refractivity contribution in [3.05, 3.63) is 78.7 Å². The van der Waals surface area contributed by atoms with Crippen molar-refractivity contribution in [1.82, 2.24) is 15.0 Å². The zero-order valence-corrected chi connectivity index (χ0v) is 12.1. The lowest BCUT2D eigenvalue weighted by atomic mass is 10.0. The highest BCUT2D eigenvalue weighted by Crippen LogP contribution is 2.30. The van der Waals surface area contributed by atoms with Crippen molar-refractivity contribution >= 4 is 11.2 Å². The first kappa shape index (κ1) is 13.5. The van der Waals surface area contributed by atoms with Gasteiger partial charge in [0, 0.05) is 11.1 Å². The van der Waals surface area contributed by atoms with Gasteiger partial charge in [-0.25, -0.2) is 9.97 Å². The molecule has 4 rings (SSSR count). The van der Waals surface area contributed by atoms with Gasteiger partial charge in [-0.2, -0.15) is 9.37 Å². The van der Waals surface area contributed by atoms with Crippen LogP contribution < -0.4 is 0 Å². The average Bonchev–Trinajstić information content (AvgIpc) is 2.62. The number of benzene rings is 2. The van der Waals surface area contributed by atoms with E-state index < -0.39 is 5.95 Å². The van der Waals surface area contributed by atoms with Crippen LogP contribution in [-0.2, 0) is 0 Å². The van der Waals surface area contributed by atoms with E-state index in [-0.39, 0.29) is 0 Å². The molecule has 23 heavy (non-hydrogen) atoms. The molecule has 2 heterocycles. The van der Waals surface area contributed by atoms with Crippen molar-refractivity contribution in [1.29, 1.82) is 0 Å². The Morgan fingerprint density at radius 2 is 1.13 bits per heavy atom. The fourth-order valence-corrected chi connectivity index (χ4v) is 2.51. The van der Waals surface area contributed by atoms with Crippen molar-refractivity contribution in [2.75, 3.05) is 0 Å². The quantitative estimate of drug-likeness (QED) is 0.512. The highest BCUT2D eigenvalue weighted by Gasteiger charge is 2.13. The van der Waals surface area contributed by atoms with E-state index in [9.17, 15) is 4.39 Å². The van der Waals surface area contributed by atoms with E-state index in [4.69, 9.17) is 0 Å². The number of aromatic nitrogens is 3. The Morgan fingerprint density at radius 3 is 1.74 bits per heavy atom. The largest absolute Gasteiger partial charge is 0.242 e. The number of pyridine rings is 1. The van der Waals surface area contributed by atoms with Crippen LogP contribution in [0.25, 0.3) is 33.7 Å². The number of hydrogen-bond donors (Lipinski definition) is 0. The van der Waals surface area contributed by atoms with Crippen molar-refractivity contribution in [3.63, 3.8) is 0 Å². The van der Waals surface area contributed by atoms with E-state index in [1.165, 1.54) is 6.07 Å². The van der Waals surface area contributed by atoms with Crippen LogP contribution in [-0.4, -0.2) is 15.0 Å². The summed E-state index contributed by atoms with van der Waals surface area (Å²) in [5.41, 5.74) is 4.23. The molecule has 0 saturated carbocycles. The van der Waals surface area contributed by atoms with Crippen molar-refractivity contribution in [2.24, 2.45) is 0 Å². The molecule has 2 aromatic carbocycles. The Bertz CT molecular complexity index is 970. The fraction of sp³-hybridized carbons (Fsp3) is 0. The standard InChI is InChI=1S/C19H12FN3/c20-16-12-11-15-19(22-16)23-18(14-9-5-2-6-10-14)17(21-15)13-7-3-1-4-8-13/h1-12H. The third-order valence-electron chi connectivity index (χ3n) is 3.59. The Balaban J connectivity index is 2.04. The number of fused-ring (bicyclic) bond motifs is 1. The van der Waals surface area contributed by atoms with Crippen LogP contribution in [0.4, 0.5) is 4.39 Å². The summed E-state index contributed by atoms with van der Waals surface area (Å²) in [4.78, 5) is 13.1. The molecule has 0 bridgehead atoms. The molecular weight excluding hydrogens is 289 g/mol. The molecule has 0 radical (unpaired) electrons. The second kappa shape index (κ2) is 5.57. The van der Waals surface area contributed by atoms with Gasteiger partial charge in [0.05, 0.1) is 11.4 Å². The zero-order valence-electron chi connectivity index (χ0n) is 12.1. The smallest absolute Gasteiger partial charge is 0.215 e. The number of rotatable bonds is 2. The Labute approximate surface area is 132 Å². The Kier molecular flexibility index (Phi) is 3.27. The van der Waals surface area contributed by atoms with E-state index in [1.54, 1.807) is 6.07 Å². The van der Waals surface area contributed by atoms with Crippen LogP contribution in [0.3, 0.4) is 0 Å². The summed E-state index contributed by atoms with van der Waals surface area (Å²) >= 11 is 0. The highest BCUT2D eigenvalue weighted by atomic mass is 19.1. The Hall–Kier alpha value is -3.14. The van der Waals surface area contributed by atoms with Crippen molar-refractivity contribution in [2.45, 2.75) is 0 Å². The first-order valence-electron chi connectivity index (χ1n) is 7.26. The van der Waals surface area contributed by atoms with E-state index in [0.717, 1.165) is 16.8 Å². The van der Waals surface area contributed by atoms with Gasteiger partial charge in [0.1, 0.15) is 5.52 Å². The summed E-state index contributed by atoms with van der Waals surface area (Å²) in [5.74, 6) is -0.557. The van der Waals surface area contributed by atoms with Crippen LogP contribution >= 0.6 is 0 Å². The molecule has 0 N–H and O–H groups in total. The monoisotopic (exact) mass is 301 g/mol. The molecule has 3 nitrogen and oxygen atoms in total. The molecule has 0 spiro atoms. The maximum absolute atomic E-state index is 13.4. The molecule has 0 saturated heterocycles. The molecule has 110 valence electrons. The number of halogens is 1. The molecule has 4 aromatic rings. The third-order valence-corrected chi connectivity index (χ3v) is 3.59. The molecule has 0 aliphatic heterocycles. The van der Waals surface area contributed by atoms with Gasteiger partial charge in [-0.1, -0.05) is 60.7 Å². The summed E-state index contributed by atoms with van der Waals surface area (Å²) < 4.78 is 13.4. The van der Waals surface area contributed by atoms with Gasteiger partial charge in [0.15, 0.2) is 5.65 Å². The second-order valence-electron chi connectivity index (χ2n) is 5.13. The maximum Gasteiger partial charge on any atom is 0.215 e. The number of hydrogen-bond acceptors (Lipinski definition) is 3. The second-order valence-corrected chi connectivity index (χ2v) is 5.13. The predicted octanol–water partition coefficient (Wildman–Crippen LogP) is 4.50. The summed E-state index contributed by atoms with van der Waals surface area (Å²) in [6.07, 6.45) is 0. The molecule has 0 aliphatic rings. The van der Waals surface area contributed by atoms with Crippen molar-refractivity contribution in [3.8, 4) is 22.5 Å². The minimum Gasteiger partial charge on any atom is -0.242 e. The van der Waals surface area contributed by atoms with E-state index >= 15 is 0 Å². The summed E-state index contributed by atoms with van der Waals surface area (Å²) in [7, 11) is 0. The average molecular weight is 301 g/mol.